The molecule has 1 aromatic carbocycles. The Hall–Kier alpha value is -1.35. The van der Waals surface area contributed by atoms with Crippen molar-refractivity contribution in [1.82, 2.24) is 9.55 Å². The zero-order valence-electron chi connectivity index (χ0n) is 12.5. The average molecular weight is 259 g/mol. The van der Waals surface area contributed by atoms with Gasteiger partial charge in [0.15, 0.2) is 0 Å². The van der Waals surface area contributed by atoms with E-state index in [0.29, 0.717) is 11.8 Å². The topological polar surface area (TPSA) is 43.8 Å². The van der Waals surface area contributed by atoms with E-state index in [1.165, 1.54) is 16.9 Å². The predicted octanol–water partition coefficient (Wildman–Crippen LogP) is 2.91. The van der Waals surface area contributed by atoms with Crippen molar-refractivity contribution in [3.05, 3.63) is 29.6 Å². The maximum absolute atomic E-state index is 5.70. The monoisotopic (exact) mass is 259 g/mol. The van der Waals surface area contributed by atoms with Crippen LogP contribution in [0, 0.1) is 11.8 Å². The Morgan fingerprint density at radius 3 is 2.58 bits per heavy atom. The fourth-order valence-electron chi connectivity index (χ4n) is 2.45. The number of imidazole rings is 1. The highest BCUT2D eigenvalue weighted by Crippen LogP contribution is 2.20. The van der Waals surface area contributed by atoms with Gasteiger partial charge in [-0.25, -0.2) is 4.98 Å². The van der Waals surface area contributed by atoms with Crippen LogP contribution < -0.4 is 5.73 Å². The molecule has 1 unspecified atom stereocenters. The SMILES string of the molecule is CC(C)Cc1nc2ccc(CC(C)CN)cc2n1C. The minimum Gasteiger partial charge on any atom is -0.331 e. The van der Waals surface area contributed by atoms with E-state index < -0.39 is 0 Å². The Morgan fingerprint density at radius 2 is 1.95 bits per heavy atom. The van der Waals surface area contributed by atoms with Crippen molar-refractivity contribution in [3.63, 3.8) is 0 Å². The molecule has 1 atom stereocenters. The van der Waals surface area contributed by atoms with Gasteiger partial charge in [-0.1, -0.05) is 26.8 Å². The molecular formula is C16H25N3. The van der Waals surface area contributed by atoms with Crippen molar-refractivity contribution < 1.29 is 0 Å². The zero-order chi connectivity index (χ0) is 14.0. The normalized spacial score (nSPS) is 13.4. The molecular weight excluding hydrogens is 234 g/mol. The molecule has 2 rings (SSSR count). The van der Waals surface area contributed by atoms with Gasteiger partial charge in [0.05, 0.1) is 11.0 Å². The van der Waals surface area contributed by atoms with Crippen LogP contribution in [0.5, 0.6) is 0 Å². The van der Waals surface area contributed by atoms with Crippen LogP contribution in [-0.2, 0) is 19.9 Å². The summed E-state index contributed by atoms with van der Waals surface area (Å²) in [5, 5.41) is 0. The van der Waals surface area contributed by atoms with Gasteiger partial charge in [0.2, 0.25) is 0 Å². The van der Waals surface area contributed by atoms with Crippen molar-refractivity contribution in [2.24, 2.45) is 24.6 Å². The maximum atomic E-state index is 5.70. The highest BCUT2D eigenvalue weighted by molar-refractivity contribution is 5.76. The number of nitrogens with zero attached hydrogens (tertiary/aromatic N) is 2. The fourth-order valence-corrected chi connectivity index (χ4v) is 2.45. The highest BCUT2D eigenvalue weighted by atomic mass is 15.1. The third-order valence-electron chi connectivity index (χ3n) is 3.62. The number of rotatable bonds is 5. The second-order valence-electron chi connectivity index (χ2n) is 6.05. The lowest BCUT2D eigenvalue weighted by Crippen LogP contribution is -2.13. The van der Waals surface area contributed by atoms with Crippen LogP contribution in [0.15, 0.2) is 18.2 Å². The molecule has 0 saturated heterocycles. The van der Waals surface area contributed by atoms with Crippen molar-refractivity contribution in [2.45, 2.75) is 33.6 Å². The first kappa shape index (κ1) is 14.1. The summed E-state index contributed by atoms with van der Waals surface area (Å²) in [6.07, 6.45) is 2.07. The molecule has 0 spiro atoms. The summed E-state index contributed by atoms with van der Waals surface area (Å²) < 4.78 is 2.23. The highest BCUT2D eigenvalue weighted by Gasteiger charge is 2.10. The van der Waals surface area contributed by atoms with E-state index in [9.17, 15) is 0 Å². The largest absolute Gasteiger partial charge is 0.331 e. The summed E-state index contributed by atoms with van der Waals surface area (Å²) in [4.78, 5) is 4.73. The molecule has 0 saturated carbocycles. The predicted molar refractivity (Wildman–Crippen MR) is 81.2 cm³/mol. The molecule has 19 heavy (non-hydrogen) atoms. The van der Waals surface area contributed by atoms with Crippen LogP contribution in [0.25, 0.3) is 11.0 Å². The van der Waals surface area contributed by atoms with Crippen LogP contribution >= 0.6 is 0 Å². The van der Waals surface area contributed by atoms with Gasteiger partial charge < -0.3 is 10.3 Å². The molecule has 2 aromatic rings. The lowest BCUT2D eigenvalue weighted by Gasteiger charge is -2.08. The summed E-state index contributed by atoms with van der Waals surface area (Å²) >= 11 is 0. The molecule has 3 nitrogen and oxygen atoms in total. The minimum absolute atomic E-state index is 0.529. The first-order valence-corrected chi connectivity index (χ1v) is 7.15. The smallest absolute Gasteiger partial charge is 0.109 e. The Kier molecular flexibility index (Phi) is 4.25. The van der Waals surface area contributed by atoms with Gasteiger partial charge in [-0.3, -0.25) is 0 Å². The van der Waals surface area contributed by atoms with Crippen molar-refractivity contribution in [2.75, 3.05) is 6.54 Å². The van der Waals surface area contributed by atoms with Crippen LogP contribution in [0.4, 0.5) is 0 Å². The van der Waals surface area contributed by atoms with E-state index in [1.54, 1.807) is 0 Å². The van der Waals surface area contributed by atoms with Gasteiger partial charge >= 0.3 is 0 Å². The molecule has 2 N–H and O–H groups in total. The summed E-state index contributed by atoms with van der Waals surface area (Å²) in [7, 11) is 2.11. The third-order valence-corrected chi connectivity index (χ3v) is 3.62. The van der Waals surface area contributed by atoms with Crippen LogP contribution in [0.2, 0.25) is 0 Å². The lowest BCUT2D eigenvalue weighted by atomic mass is 10.0. The first-order chi connectivity index (χ1) is 9.01. The van der Waals surface area contributed by atoms with Crippen molar-refractivity contribution in [3.8, 4) is 0 Å². The third kappa shape index (κ3) is 3.16. The Labute approximate surface area is 115 Å². The van der Waals surface area contributed by atoms with Gasteiger partial charge in [0.25, 0.3) is 0 Å². The van der Waals surface area contributed by atoms with E-state index in [1.807, 2.05) is 0 Å². The first-order valence-electron chi connectivity index (χ1n) is 7.15. The molecule has 1 heterocycles. The van der Waals surface area contributed by atoms with E-state index >= 15 is 0 Å². The van der Waals surface area contributed by atoms with Crippen LogP contribution in [0.3, 0.4) is 0 Å². The molecule has 0 aliphatic heterocycles. The van der Waals surface area contributed by atoms with Crippen molar-refractivity contribution in [1.29, 1.82) is 0 Å². The van der Waals surface area contributed by atoms with E-state index in [4.69, 9.17) is 10.7 Å². The van der Waals surface area contributed by atoms with Gasteiger partial charge in [-0.05, 0) is 42.5 Å². The van der Waals surface area contributed by atoms with Gasteiger partial charge in [0.1, 0.15) is 5.82 Å². The Morgan fingerprint density at radius 1 is 1.21 bits per heavy atom. The van der Waals surface area contributed by atoms with Crippen LogP contribution in [0.1, 0.15) is 32.2 Å². The molecule has 1 aromatic heterocycles. The molecule has 0 radical (unpaired) electrons. The zero-order valence-corrected chi connectivity index (χ0v) is 12.5. The number of hydrogen-bond acceptors (Lipinski definition) is 2. The second-order valence-corrected chi connectivity index (χ2v) is 6.05. The maximum Gasteiger partial charge on any atom is 0.109 e. The quantitative estimate of drug-likeness (QED) is 0.897. The second kappa shape index (κ2) is 5.74. The Bertz CT molecular complexity index is 554. The molecule has 0 bridgehead atoms. The Balaban J connectivity index is 2.34. The number of fused-ring (bicyclic) bond motifs is 1. The van der Waals surface area contributed by atoms with Crippen molar-refractivity contribution >= 4 is 11.0 Å². The number of aromatic nitrogens is 2. The molecule has 0 aliphatic rings. The van der Waals surface area contributed by atoms with Crippen LogP contribution in [-0.4, -0.2) is 16.1 Å². The number of nitrogens with two attached hydrogens (primary N) is 1. The molecule has 104 valence electrons. The molecule has 0 fully saturated rings. The van der Waals surface area contributed by atoms with E-state index in [0.717, 1.165) is 24.9 Å². The van der Waals surface area contributed by atoms with Gasteiger partial charge in [-0.15, -0.1) is 0 Å². The standard InChI is InChI=1S/C16H25N3/c1-11(2)7-16-18-14-6-5-13(8-12(3)10-17)9-15(14)19(16)4/h5-6,9,11-12H,7-8,10,17H2,1-4H3. The number of aryl methyl sites for hydroxylation is 1. The summed E-state index contributed by atoms with van der Waals surface area (Å²) in [6, 6.07) is 6.58. The minimum atomic E-state index is 0.529. The number of hydrogen-bond donors (Lipinski definition) is 1. The molecule has 0 aliphatic carbocycles. The average Bonchev–Trinajstić information content (AvgIpc) is 2.66. The summed E-state index contributed by atoms with van der Waals surface area (Å²) in [5.41, 5.74) is 9.39. The molecule has 3 heteroatoms. The summed E-state index contributed by atoms with van der Waals surface area (Å²) in [6.45, 7) is 7.39. The number of benzene rings is 1. The lowest BCUT2D eigenvalue weighted by molar-refractivity contribution is 0.593. The van der Waals surface area contributed by atoms with Gasteiger partial charge in [-0.2, -0.15) is 0 Å². The molecule has 0 amide bonds. The summed E-state index contributed by atoms with van der Waals surface area (Å²) in [5.74, 6) is 2.34. The van der Waals surface area contributed by atoms with E-state index in [-0.39, 0.29) is 0 Å². The fraction of sp³-hybridized carbons (Fsp3) is 0.562. The van der Waals surface area contributed by atoms with Gasteiger partial charge in [0, 0.05) is 13.5 Å². The van der Waals surface area contributed by atoms with E-state index in [2.05, 4.69) is 50.6 Å².